The third kappa shape index (κ3) is 4.97. The lowest BCUT2D eigenvalue weighted by molar-refractivity contribution is 0.156. The van der Waals surface area contributed by atoms with E-state index in [1.54, 1.807) is 31.4 Å². The Bertz CT molecular complexity index is 513. The van der Waals surface area contributed by atoms with Gasteiger partial charge in [-0.25, -0.2) is 4.79 Å². The zero-order valence-corrected chi connectivity index (χ0v) is 11.3. The zero-order valence-electron chi connectivity index (χ0n) is 11.3. The van der Waals surface area contributed by atoms with E-state index in [1.807, 2.05) is 12.1 Å². The highest BCUT2D eigenvalue weighted by molar-refractivity contribution is 5.89. The summed E-state index contributed by atoms with van der Waals surface area (Å²) < 4.78 is 4.94. The van der Waals surface area contributed by atoms with Gasteiger partial charge in [-0.2, -0.15) is 10.5 Å². The molecule has 1 rings (SSSR count). The Kier molecular flexibility index (Phi) is 6.60. The maximum atomic E-state index is 12.1. The predicted octanol–water partition coefficient (Wildman–Crippen LogP) is 1.95. The second kappa shape index (κ2) is 8.52. The monoisotopic (exact) mass is 272 g/mol. The number of amides is 2. The molecule has 0 heterocycles. The van der Waals surface area contributed by atoms with Crippen LogP contribution in [0.25, 0.3) is 0 Å². The molecule has 0 atom stereocenters. The Morgan fingerprint density at radius 3 is 2.55 bits per heavy atom. The van der Waals surface area contributed by atoms with Crippen LogP contribution >= 0.6 is 0 Å². The molecule has 6 nitrogen and oxygen atoms in total. The Morgan fingerprint density at radius 1 is 1.30 bits per heavy atom. The van der Waals surface area contributed by atoms with Crippen LogP contribution in [0.3, 0.4) is 0 Å². The molecule has 6 heteroatoms. The standard InChI is InChI=1S/C14H16N4O2/c1-20-10-9-18(8-2-7-15)14(19)17-13-5-3-12(11-16)4-6-13/h3-6H,2,8-10H2,1H3,(H,17,19). The Hall–Kier alpha value is -2.57. The SMILES string of the molecule is COCCN(CCC#N)C(=O)Nc1ccc(C#N)cc1. The summed E-state index contributed by atoms with van der Waals surface area (Å²) in [6.07, 6.45) is 0.268. The number of carbonyl (C=O) groups excluding carboxylic acids is 1. The largest absolute Gasteiger partial charge is 0.383 e. The van der Waals surface area contributed by atoms with E-state index in [-0.39, 0.29) is 12.5 Å². The van der Waals surface area contributed by atoms with Crippen molar-refractivity contribution < 1.29 is 9.53 Å². The number of nitriles is 2. The zero-order chi connectivity index (χ0) is 14.8. The highest BCUT2D eigenvalue weighted by atomic mass is 16.5. The van der Waals surface area contributed by atoms with E-state index in [0.29, 0.717) is 30.9 Å². The van der Waals surface area contributed by atoms with Gasteiger partial charge in [-0.3, -0.25) is 0 Å². The summed E-state index contributed by atoms with van der Waals surface area (Å²) in [4.78, 5) is 13.6. The van der Waals surface area contributed by atoms with Crippen LogP contribution in [0, 0.1) is 22.7 Å². The van der Waals surface area contributed by atoms with Gasteiger partial charge in [-0.05, 0) is 24.3 Å². The van der Waals surface area contributed by atoms with Crippen LogP contribution in [0.2, 0.25) is 0 Å². The maximum Gasteiger partial charge on any atom is 0.321 e. The lowest BCUT2D eigenvalue weighted by Crippen LogP contribution is -2.37. The molecule has 1 N–H and O–H groups in total. The van der Waals surface area contributed by atoms with Crippen LogP contribution in [0.5, 0.6) is 0 Å². The summed E-state index contributed by atoms with van der Waals surface area (Å²) in [7, 11) is 1.56. The number of nitrogens with one attached hydrogen (secondary N) is 1. The third-order valence-corrected chi connectivity index (χ3v) is 2.61. The summed E-state index contributed by atoms with van der Waals surface area (Å²) >= 11 is 0. The van der Waals surface area contributed by atoms with Gasteiger partial charge in [0, 0.05) is 25.9 Å². The molecule has 0 saturated heterocycles. The number of hydrogen-bond acceptors (Lipinski definition) is 4. The molecule has 0 bridgehead atoms. The lowest BCUT2D eigenvalue weighted by atomic mass is 10.2. The van der Waals surface area contributed by atoms with Crippen molar-refractivity contribution >= 4 is 11.7 Å². The van der Waals surface area contributed by atoms with Crippen LogP contribution < -0.4 is 5.32 Å². The van der Waals surface area contributed by atoms with Gasteiger partial charge in [0.05, 0.1) is 30.7 Å². The topological polar surface area (TPSA) is 89.2 Å². The van der Waals surface area contributed by atoms with Gasteiger partial charge in [0.15, 0.2) is 0 Å². The summed E-state index contributed by atoms with van der Waals surface area (Å²) in [5, 5.41) is 20.0. The van der Waals surface area contributed by atoms with E-state index in [9.17, 15) is 4.79 Å². The van der Waals surface area contributed by atoms with Crippen molar-refractivity contribution in [3.8, 4) is 12.1 Å². The number of methoxy groups -OCH3 is 1. The number of rotatable bonds is 6. The fourth-order valence-corrected chi connectivity index (χ4v) is 1.53. The van der Waals surface area contributed by atoms with Crippen molar-refractivity contribution in [2.75, 3.05) is 32.1 Å². The van der Waals surface area contributed by atoms with E-state index in [2.05, 4.69) is 5.32 Å². The molecule has 0 aliphatic heterocycles. The van der Waals surface area contributed by atoms with Crippen LogP contribution in [0.1, 0.15) is 12.0 Å². The van der Waals surface area contributed by atoms with E-state index in [0.717, 1.165) is 0 Å². The summed E-state index contributed by atoms with van der Waals surface area (Å²) in [6, 6.07) is 10.3. The minimum atomic E-state index is -0.290. The minimum Gasteiger partial charge on any atom is -0.383 e. The molecular formula is C14H16N4O2. The number of urea groups is 1. The van der Waals surface area contributed by atoms with E-state index >= 15 is 0 Å². The fourth-order valence-electron chi connectivity index (χ4n) is 1.53. The van der Waals surface area contributed by atoms with Crippen LogP contribution in [0.4, 0.5) is 10.5 Å². The molecule has 20 heavy (non-hydrogen) atoms. The van der Waals surface area contributed by atoms with Crippen LogP contribution in [-0.4, -0.2) is 37.7 Å². The van der Waals surface area contributed by atoms with Crippen molar-refractivity contribution in [1.29, 1.82) is 10.5 Å². The van der Waals surface area contributed by atoms with Gasteiger partial charge < -0.3 is 15.0 Å². The molecule has 104 valence electrons. The number of nitrogens with zero attached hydrogens (tertiary/aromatic N) is 3. The molecular weight excluding hydrogens is 256 g/mol. The second-order valence-electron chi connectivity index (χ2n) is 4.01. The van der Waals surface area contributed by atoms with Gasteiger partial charge in [0.1, 0.15) is 0 Å². The molecule has 1 aromatic rings. The van der Waals surface area contributed by atoms with Crippen LogP contribution in [-0.2, 0) is 4.74 Å². The molecule has 0 aliphatic rings. The third-order valence-electron chi connectivity index (χ3n) is 2.61. The van der Waals surface area contributed by atoms with Crippen molar-refractivity contribution in [3.63, 3.8) is 0 Å². The Labute approximate surface area is 118 Å². The van der Waals surface area contributed by atoms with E-state index in [1.165, 1.54) is 4.90 Å². The maximum absolute atomic E-state index is 12.1. The Balaban J connectivity index is 2.63. The number of carbonyl (C=O) groups is 1. The number of hydrogen-bond donors (Lipinski definition) is 1. The smallest absolute Gasteiger partial charge is 0.321 e. The van der Waals surface area contributed by atoms with Gasteiger partial charge >= 0.3 is 6.03 Å². The highest BCUT2D eigenvalue weighted by Crippen LogP contribution is 2.10. The van der Waals surface area contributed by atoms with Gasteiger partial charge in [-0.15, -0.1) is 0 Å². The van der Waals surface area contributed by atoms with Crippen LogP contribution in [0.15, 0.2) is 24.3 Å². The van der Waals surface area contributed by atoms with E-state index in [4.69, 9.17) is 15.3 Å². The van der Waals surface area contributed by atoms with E-state index < -0.39 is 0 Å². The van der Waals surface area contributed by atoms with Crippen molar-refractivity contribution in [2.45, 2.75) is 6.42 Å². The molecule has 0 saturated carbocycles. The van der Waals surface area contributed by atoms with Crippen molar-refractivity contribution in [1.82, 2.24) is 4.90 Å². The van der Waals surface area contributed by atoms with Crippen molar-refractivity contribution in [2.24, 2.45) is 0 Å². The van der Waals surface area contributed by atoms with Crippen molar-refractivity contribution in [3.05, 3.63) is 29.8 Å². The average molecular weight is 272 g/mol. The quantitative estimate of drug-likeness (QED) is 0.857. The number of benzene rings is 1. The first-order valence-electron chi connectivity index (χ1n) is 6.13. The van der Waals surface area contributed by atoms with Gasteiger partial charge in [-0.1, -0.05) is 0 Å². The average Bonchev–Trinajstić information content (AvgIpc) is 2.48. The molecule has 0 unspecified atom stereocenters. The molecule has 1 aromatic carbocycles. The summed E-state index contributed by atoms with van der Waals surface area (Å²) in [6.45, 7) is 1.18. The first kappa shape index (κ1) is 15.5. The van der Waals surface area contributed by atoms with Gasteiger partial charge in [0.25, 0.3) is 0 Å². The predicted molar refractivity (Wildman–Crippen MR) is 73.9 cm³/mol. The summed E-state index contributed by atoms with van der Waals surface area (Å²) in [5.41, 5.74) is 1.14. The molecule has 0 spiro atoms. The van der Waals surface area contributed by atoms with Gasteiger partial charge in [0.2, 0.25) is 0 Å². The molecule has 0 fully saturated rings. The Morgan fingerprint density at radius 2 is 2.00 bits per heavy atom. The minimum absolute atomic E-state index is 0.268. The first-order chi connectivity index (χ1) is 9.71. The molecule has 2 amide bonds. The lowest BCUT2D eigenvalue weighted by Gasteiger charge is -2.21. The highest BCUT2D eigenvalue weighted by Gasteiger charge is 2.12. The molecule has 0 aromatic heterocycles. The normalized spacial score (nSPS) is 9.35. The molecule has 0 radical (unpaired) electrons. The molecule has 0 aliphatic carbocycles. The fraction of sp³-hybridized carbons (Fsp3) is 0.357. The second-order valence-corrected chi connectivity index (χ2v) is 4.01. The number of anilines is 1. The number of ether oxygens (including phenoxy) is 1. The first-order valence-corrected chi connectivity index (χ1v) is 6.13. The summed E-state index contributed by atoms with van der Waals surface area (Å²) in [5.74, 6) is 0.